The highest BCUT2D eigenvalue weighted by Gasteiger charge is 2.09. The molecule has 0 heterocycles. The van der Waals surface area contributed by atoms with E-state index < -0.39 is 0 Å². The average Bonchev–Trinajstić information content (AvgIpc) is 0.886. The lowest BCUT2D eigenvalue weighted by molar-refractivity contribution is 0.306. The Morgan fingerprint density at radius 3 is 0.415 bits per heavy atom. The van der Waals surface area contributed by atoms with Crippen LogP contribution in [-0.4, -0.2) is 176 Å². The molecule has 0 unspecified atom stereocenters. The highest BCUT2D eigenvalue weighted by molar-refractivity contribution is 5.49. The Morgan fingerprint density at radius 2 is 0.297 bits per heavy atom. The summed E-state index contributed by atoms with van der Waals surface area (Å²) >= 11 is 0. The SMILES string of the molecule is CNCCCCCCN(C)N=Nc1ccc(Oc2ccc(N=NN(C)CCCCCCN(C)N=Nc3ccc(Oc4ccc(N=NN(C)CCCCCCN(C)N=Nc5ccc(Oc6ccc(N=NN(C)CCCCCCN(C)N=Nc7ccc(Oc8ccc(N=NN(C)CCCCCCNC)cc8)cc7)cc6)cc5)cc4)cc3)cc2)cc1. The summed E-state index contributed by atoms with van der Waals surface area (Å²) in [6.45, 7) is 8.76. The van der Waals surface area contributed by atoms with E-state index in [1.165, 1.54) is 38.5 Å². The van der Waals surface area contributed by atoms with Gasteiger partial charge in [0, 0.05) is 109 Å². The van der Waals surface area contributed by atoms with Gasteiger partial charge in [-0.2, -0.15) is 0 Å². The molecule has 30 heteroatoms. The Labute approximate surface area is 698 Å². The van der Waals surface area contributed by atoms with Crippen LogP contribution in [0, 0.1) is 0 Å². The molecule has 0 saturated carbocycles. The lowest BCUT2D eigenvalue weighted by Crippen LogP contribution is -2.13. The van der Waals surface area contributed by atoms with Gasteiger partial charge in [-0.3, -0.25) is 40.1 Å². The summed E-state index contributed by atoms with van der Waals surface area (Å²) in [4.78, 5) is 0. The highest BCUT2D eigenvalue weighted by atomic mass is 16.5. The summed E-state index contributed by atoms with van der Waals surface area (Å²) in [5.41, 5.74) is 6.04. The molecule has 8 aromatic carbocycles. The first kappa shape index (κ1) is 91.6. The Kier molecular flexibility index (Phi) is 42.6. The fourth-order valence-corrected chi connectivity index (χ4v) is 11.7. The van der Waals surface area contributed by atoms with E-state index in [-0.39, 0.29) is 0 Å². The lowest BCUT2D eigenvalue weighted by Gasteiger charge is -2.13. The van der Waals surface area contributed by atoms with Crippen LogP contribution in [0.5, 0.6) is 46.0 Å². The molecule has 0 aliphatic heterocycles. The molecule has 0 aliphatic carbocycles. The second kappa shape index (κ2) is 54.8. The molecule has 0 radical (unpaired) electrons. The van der Waals surface area contributed by atoms with Crippen molar-refractivity contribution in [1.29, 1.82) is 0 Å². The van der Waals surface area contributed by atoms with Gasteiger partial charge in [0.2, 0.25) is 0 Å². The topological polar surface area (TPSA) is 285 Å². The number of rotatable bonds is 59. The zero-order valence-electron chi connectivity index (χ0n) is 71.1. The molecule has 0 fully saturated rings. The summed E-state index contributed by atoms with van der Waals surface area (Å²) in [5, 5.41) is 91.8. The third-order valence-corrected chi connectivity index (χ3v) is 18.6. The maximum atomic E-state index is 6.10. The molecule has 630 valence electrons. The Balaban J connectivity index is 0.588. The van der Waals surface area contributed by atoms with Crippen molar-refractivity contribution >= 4 is 45.5 Å². The average molecular weight is 1610 g/mol. The van der Waals surface area contributed by atoms with Gasteiger partial charge in [-0.15, -0.1) is 40.9 Å². The summed E-state index contributed by atoms with van der Waals surface area (Å²) in [7, 11) is 19.6. The minimum absolute atomic E-state index is 0.699. The van der Waals surface area contributed by atoms with Crippen LogP contribution in [0.4, 0.5) is 45.5 Å². The number of nitrogens with zero attached hydrogens (tertiary/aromatic N) is 24. The van der Waals surface area contributed by atoms with Gasteiger partial charge in [0.1, 0.15) is 46.0 Å². The smallest absolute Gasteiger partial charge is 0.127 e. The third kappa shape index (κ3) is 39.6. The highest BCUT2D eigenvalue weighted by Crippen LogP contribution is 2.32. The first-order chi connectivity index (χ1) is 57.7. The van der Waals surface area contributed by atoms with E-state index >= 15 is 0 Å². The van der Waals surface area contributed by atoms with Crippen molar-refractivity contribution in [2.75, 3.05) is 136 Å². The van der Waals surface area contributed by atoms with Crippen molar-refractivity contribution in [3.05, 3.63) is 194 Å². The molecule has 0 aliphatic rings. The van der Waals surface area contributed by atoms with Crippen molar-refractivity contribution in [1.82, 2.24) is 50.7 Å². The number of hydrogen-bond acceptors (Lipinski definition) is 22. The molecule has 30 nitrogen and oxygen atoms in total. The number of nitrogens with one attached hydrogen (secondary N) is 2. The fraction of sp³-hybridized carbons (Fsp3) is 0.455. The van der Waals surface area contributed by atoms with Gasteiger partial charge in [0.15, 0.2) is 0 Å². The van der Waals surface area contributed by atoms with Crippen molar-refractivity contribution < 1.29 is 18.9 Å². The third-order valence-electron chi connectivity index (χ3n) is 18.6. The normalized spacial score (nSPS) is 11.8. The molecule has 2 N–H and O–H groups in total. The lowest BCUT2D eigenvalue weighted by atomic mass is 10.2. The van der Waals surface area contributed by atoms with E-state index in [1.54, 1.807) is 0 Å². The summed E-state index contributed by atoms with van der Waals surface area (Å²) in [6.07, 6.45) is 22.0. The standard InChI is InChI=1S/C88H124N26O4/c1-89-63-21-11-13-23-65-107(3)99-91-73-31-47-81(48-32-73)115-83-51-35-75(36-52-83)93-101-109(5)67-25-15-17-27-69-111(7)103-95-77-39-55-85(56-40-77)117-87-59-43-79(44-60-87)97-105-113(9)71-29-19-20-30-72-114(10)106-98-80-45-61-88(62-46-80)118-86-57-41-78(42-58-86)96-104-112(8)70-28-18-16-26-68-110(6)102-94-76-37-53-84(54-38-76)116-82-49-33-74(34-50-82)92-100-108(4)66-24-14-12-22-64-90-2/h31-62,89-90H,11-30,63-72H2,1-10H3. The molecule has 0 bridgehead atoms. The second-order valence-electron chi connectivity index (χ2n) is 29.2. The number of unbranched alkanes of at least 4 members (excludes halogenated alkanes) is 15. The van der Waals surface area contributed by atoms with E-state index in [0.29, 0.717) is 34.5 Å². The van der Waals surface area contributed by atoms with Gasteiger partial charge < -0.3 is 29.6 Å². The molecule has 8 aromatic rings. The van der Waals surface area contributed by atoms with E-state index in [2.05, 4.69) is 93.3 Å². The van der Waals surface area contributed by atoms with Crippen LogP contribution in [0.3, 0.4) is 0 Å². The molecule has 0 spiro atoms. The van der Waals surface area contributed by atoms with E-state index in [4.69, 9.17) is 18.9 Å². The zero-order valence-corrected chi connectivity index (χ0v) is 71.1. The van der Waals surface area contributed by atoms with Crippen molar-refractivity contribution in [2.24, 2.45) is 82.7 Å². The summed E-state index contributed by atoms with van der Waals surface area (Å²) in [5.74, 6) is 5.67. The van der Waals surface area contributed by atoms with Crippen LogP contribution >= 0.6 is 0 Å². The first-order valence-corrected chi connectivity index (χ1v) is 41.5. The number of hydrogen-bond donors (Lipinski definition) is 2. The Bertz CT molecular complexity index is 3980. The molecular weight excluding hydrogens is 1490 g/mol. The predicted octanol–water partition coefficient (Wildman–Crippen LogP) is 24.6. The summed E-state index contributed by atoms with van der Waals surface area (Å²) < 4.78 is 24.3. The van der Waals surface area contributed by atoms with Crippen LogP contribution in [0.1, 0.15) is 128 Å². The second-order valence-corrected chi connectivity index (χ2v) is 29.2. The monoisotopic (exact) mass is 1610 g/mol. The predicted molar refractivity (Wildman–Crippen MR) is 469 cm³/mol. The van der Waals surface area contributed by atoms with E-state index in [1.807, 2.05) is 305 Å². The minimum atomic E-state index is 0.699. The van der Waals surface area contributed by atoms with Crippen LogP contribution in [0.2, 0.25) is 0 Å². The van der Waals surface area contributed by atoms with Crippen molar-refractivity contribution in [3.8, 4) is 46.0 Å². The quantitative estimate of drug-likeness (QED) is 0.0204. The molecule has 0 aromatic heterocycles. The van der Waals surface area contributed by atoms with Gasteiger partial charge in [-0.05, 0) is 286 Å². The van der Waals surface area contributed by atoms with Crippen LogP contribution < -0.4 is 29.6 Å². The zero-order chi connectivity index (χ0) is 83.3. The molecule has 8 rings (SSSR count). The van der Waals surface area contributed by atoms with Gasteiger partial charge in [0.05, 0.1) is 45.5 Å². The van der Waals surface area contributed by atoms with Gasteiger partial charge >= 0.3 is 0 Å². The van der Waals surface area contributed by atoms with Gasteiger partial charge in [-0.25, -0.2) is 0 Å². The largest absolute Gasteiger partial charge is 0.457 e. The van der Waals surface area contributed by atoms with Crippen molar-refractivity contribution in [2.45, 2.75) is 128 Å². The molecule has 118 heavy (non-hydrogen) atoms. The Morgan fingerprint density at radius 1 is 0.178 bits per heavy atom. The summed E-state index contributed by atoms with van der Waals surface area (Å²) in [6, 6.07) is 60.6. The van der Waals surface area contributed by atoms with Crippen LogP contribution in [-0.2, 0) is 0 Å². The molecule has 0 saturated heterocycles. The molecule has 0 atom stereocenters. The minimum Gasteiger partial charge on any atom is -0.457 e. The van der Waals surface area contributed by atoms with Gasteiger partial charge in [0.25, 0.3) is 0 Å². The molecular formula is C88H124N26O4. The van der Waals surface area contributed by atoms with E-state index in [0.717, 1.165) is 212 Å². The van der Waals surface area contributed by atoms with Crippen LogP contribution in [0.25, 0.3) is 0 Å². The van der Waals surface area contributed by atoms with E-state index in [9.17, 15) is 0 Å². The van der Waals surface area contributed by atoms with Crippen molar-refractivity contribution in [3.63, 3.8) is 0 Å². The van der Waals surface area contributed by atoms with Crippen LogP contribution in [0.15, 0.2) is 277 Å². The Hall–Kier alpha value is -11.9. The maximum Gasteiger partial charge on any atom is 0.127 e. The first-order valence-electron chi connectivity index (χ1n) is 41.5. The fourth-order valence-electron chi connectivity index (χ4n) is 11.7. The van der Waals surface area contributed by atoms with Gasteiger partial charge in [-0.1, -0.05) is 106 Å². The number of benzene rings is 8. The number of ether oxygens (including phenoxy) is 4. The molecule has 0 amide bonds. The maximum absolute atomic E-state index is 6.10.